The van der Waals surface area contributed by atoms with Gasteiger partial charge in [-0.15, -0.1) is 12.4 Å². The second-order valence-electron chi connectivity index (χ2n) is 4.40. The van der Waals surface area contributed by atoms with E-state index in [1.807, 2.05) is 6.92 Å². The van der Waals surface area contributed by atoms with Gasteiger partial charge in [-0.3, -0.25) is 9.52 Å². The molecule has 0 saturated heterocycles. The fraction of sp³-hybridized carbons (Fsp3) is 0.417. The predicted molar refractivity (Wildman–Crippen MR) is 83.9 cm³/mol. The average molecular weight is 322 g/mol. The molecule has 1 amide bonds. The maximum Gasteiger partial charge on any atom is 0.229 e. The van der Waals surface area contributed by atoms with E-state index in [9.17, 15) is 13.2 Å². The van der Waals surface area contributed by atoms with Crippen molar-refractivity contribution < 1.29 is 13.2 Å². The number of carbonyl (C=O) groups is 1. The lowest BCUT2D eigenvalue weighted by Crippen LogP contribution is -2.28. The Bertz CT molecular complexity index is 531. The molecule has 1 aromatic carbocycles. The van der Waals surface area contributed by atoms with Gasteiger partial charge >= 0.3 is 0 Å². The fourth-order valence-electron chi connectivity index (χ4n) is 1.50. The maximum atomic E-state index is 11.8. The lowest BCUT2D eigenvalue weighted by atomic mass is 10.1. The van der Waals surface area contributed by atoms with Gasteiger partial charge in [-0.2, -0.15) is 0 Å². The highest BCUT2D eigenvalue weighted by Crippen LogP contribution is 2.15. The molecule has 0 saturated carbocycles. The number of rotatable bonds is 6. The molecule has 114 valence electrons. The van der Waals surface area contributed by atoms with E-state index in [1.54, 1.807) is 31.3 Å². The molecular formula is C12H20ClN3O3S. The molecule has 1 rings (SSSR count). The summed E-state index contributed by atoms with van der Waals surface area (Å²) in [4.78, 5) is 11.8. The molecule has 1 atom stereocenters. The molecule has 0 fully saturated rings. The van der Waals surface area contributed by atoms with Gasteiger partial charge in [0.15, 0.2) is 0 Å². The van der Waals surface area contributed by atoms with Crippen LogP contribution < -0.4 is 15.4 Å². The first-order chi connectivity index (χ1) is 8.81. The Labute approximate surface area is 125 Å². The summed E-state index contributed by atoms with van der Waals surface area (Å²) in [7, 11) is -1.49. The molecule has 0 radical (unpaired) electrons. The number of nitrogens with one attached hydrogen (secondary N) is 3. The lowest BCUT2D eigenvalue weighted by molar-refractivity contribution is -0.119. The van der Waals surface area contributed by atoms with Gasteiger partial charge in [-0.25, -0.2) is 8.42 Å². The smallest absolute Gasteiger partial charge is 0.229 e. The molecule has 1 aromatic rings. The number of hydrogen-bond donors (Lipinski definition) is 3. The van der Waals surface area contributed by atoms with Crippen molar-refractivity contribution in [3.63, 3.8) is 0 Å². The van der Waals surface area contributed by atoms with E-state index in [4.69, 9.17) is 0 Å². The van der Waals surface area contributed by atoms with E-state index in [2.05, 4.69) is 15.4 Å². The van der Waals surface area contributed by atoms with Gasteiger partial charge in [0.25, 0.3) is 0 Å². The first-order valence-electron chi connectivity index (χ1n) is 5.85. The third-order valence-corrected chi connectivity index (χ3v) is 3.02. The number of sulfonamides is 1. The first-order valence-corrected chi connectivity index (χ1v) is 7.74. The van der Waals surface area contributed by atoms with Gasteiger partial charge in [0.2, 0.25) is 15.9 Å². The van der Waals surface area contributed by atoms with Crippen LogP contribution in [0.1, 0.15) is 6.92 Å². The molecule has 0 aromatic heterocycles. The number of halogens is 1. The van der Waals surface area contributed by atoms with E-state index in [0.29, 0.717) is 17.9 Å². The lowest BCUT2D eigenvalue weighted by Gasteiger charge is -2.12. The van der Waals surface area contributed by atoms with Crippen molar-refractivity contribution in [3.8, 4) is 0 Å². The summed E-state index contributed by atoms with van der Waals surface area (Å²) in [5, 5.41) is 5.69. The number of amides is 1. The summed E-state index contributed by atoms with van der Waals surface area (Å²) in [6.07, 6.45) is 1.09. The zero-order chi connectivity index (χ0) is 14.5. The van der Waals surface area contributed by atoms with Gasteiger partial charge < -0.3 is 10.6 Å². The van der Waals surface area contributed by atoms with E-state index in [1.165, 1.54) is 0 Å². The number of hydrogen-bond acceptors (Lipinski definition) is 4. The van der Waals surface area contributed by atoms with Crippen molar-refractivity contribution in [2.45, 2.75) is 6.92 Å². The summed E-state index contributed by atoms with van der Waals surface area (Å²) in [5.74, 6) is -0.225. The van der Waals surface area contributed by atoms with E-state index < -0.39 is 10.0 Å². The van der Waals surface area contributed by atoms with Gasteiger partial charge in [0.1, 0.15) is 0 Å². The molecule has 6 nitrogen and oxygen atoms in total. The molecule has 0 aliphatic carbocycles. The van der Waals surface area contributed by atoms with Crippen LogP contribution >= 0.6 is 12.4 Å². The number of anilines is 2. The highest BCUT2D eigenvalue weighted by molar-refractivity contribution is 7.92. The van der Waals surface area contributed by atoms with Crippen LogP contribution in [0.15, 0.2) is 24.3 Å². The summed E-state index contributed by atoms with van der Waals surface area (Å²) in [5.41, 5.74) is 1.09. The second kappa shape index (κ2) is 8.08. The quantitative estimate of drug-likeness (QED) is 0.736. The summed E-state index contributed by atoms with van der Waals surface area (Å²) in [6.45, 7) is 2.42. The molecule has 0 bridgehead atoms. The molecular weight excluding hydrogens is 302 g/mol. The summed E-state index contributed by atoms with van der Waals surface area (Å²) < 4.78 is 24.4. The topological polar surface area (TPSA) is 87.3 Å². The van der Waals surface area contributed by atoms with Crippen LogP contribution in [0.5, 0.6) is 0 Å². The average Bonchev–Trinajstić information content (AvgIpc) is 2.30. The second-order valence-corrected chi connectivity index (χ2v) is 6.15. The minimum Gasteiger partial charge on any atom is -0.326 e. The van der Waals surface area contributed by atoms with Crippen molar-refractivity contribution in [2.24, 2.45) is 5.92 Å². The van der Waals surface area contributed by atoms with E-state index in [0.717, 1.165) is 6.26 Å². The van der Waals surface area contributed by atoms with E-state index in [-0.39, 0.29) is 24.2 Å². The van der Waals surface area contributed by atoms with Crippen molar-refractivity contribution in [1.82, 2.24) is 5.32 Å². The normalized spacial score (nSPS) is 12.2. The van der Waals surface area contributed by atoms with Crippen molar-refractivity contribution >= 4 is 39.7 Å². The van der Waals surface area contributed by atoms with Crippen molar-refractivity contribution in [1.29, 1.82) is 0 Å². The molecule has 0 spiro atoms. The minimum absolute atomic E-state index is 0. The molecule has 0 aliphatic rings. The third-order valence-electron chi connectivity index (χ3n) is 2.41. The van der Waals surface area contributed by atoms with Crippen LogP contribution in [0.3, 0.4) is 0 Å². The zero-order valence-corrected chi connectivity index (χ0v) is 13.3. The van der Waals surface area contributed by atoms with Crippen LogP contribution in [-0.4, -0.2) is 34.2 Å². The highest BCUT2D eigenvalue weighted by atomic mass is 35.5. The zero-order valence-electron chi connectivity index (χ0n) is 11.6. The van der Waals surface area contributed by atoms with Crippen LogP contribution in [0, 0.1) is 5.92 Å². The van der Waals surface area contributed by atoms with Crippen molar-refractivity contribution in [3.05, 3.63) is 24.3 Å². The van der Waals surface area contributed by atoms with E-state index >= 15 is 0 Å². The predicted octanol–water partition coefficient (Wildman–Crippen LogP) is 1.27. The Balaban J connectivity index is 0.00000361. The van der Waals surface area contributed by atoms with Crippen LogP contribution in [0.4, 0.5) is 11.4 Å². The molecule has 3 N–H and O–H groups in total. The molecule has 8 heteroatoms. The van der Waals surface area contributed by atoms with Crippen LogP contribution in [0.2, 0.25) is 0 Å². The molecule has 0 aliphatic heterocycles. The minimum atomic E-state index is -3.28. The Morgan fingerprint density at radius 2 is 1.70 bits per heavy atom. The standard InChI is InChI=1S/C12H19N3O3S.ClH/c1-9(8-13-2)12(16)14-10-4-6-11(7-5-10)15-19(3,17)18;/h4-7,9,13,15H,8H2,1-3H3,(H,14,16);1H. The molecule has 1 unspecified atom stereocenters. The highest BCUT2D eigenvalue weighted by Gasteiger charge is 2.11. The first kappa shape index (κ1) is 18.7. The van der Waals surface area contributed by atoms with Crippen LogP contribution in [0.25, 0.3) is 0 Å². The summed E-state index contributed by atoms with van der Waals surface area (Å²) in [6, 6.07) is 6.49. The maximum absolute atomic E-state index is 11.8. The monoisotopic (exact) mass is 321 g/mol. The fourth-order valence-corrected chi connectivity index (χ4v) is 2.06. The Kier molecular flexibility index (Phi) is 7.55. The third kappa shape index (κ3) is 6.74. The van der Waals surface area contributed by atoms with Gasteiger partial charge in [-0.1, -0.05) is 6.92 Å². The van der Waals surface area contributed by atoms with Gasteiger partial charge in [0.05, 0.1) is 6.26 Å². The van der Waals surface area contributed by atoms with Crippen LogP contribution in [-0.2, 0) is 14.8 Å². The Morgan fingerprint density at radius 1 is 1.20 bits per heavy atom. The number of benzene rings is 1. The molecule has 0 heterocycles. The van der Waals surface area contributed by atoms with Gasteiger partial charge in [0, 0.05) is 23.8 Å². The van der Waals surface area contributed by atoms with Crippen molar-refractivity contribution in [2.75, 3.05) is 29.9 Å². The largest absolute Gasteiger partial charge is 0.326 e. The van der Waals surface area contributed by atoms with Gasteiger partial charge in [-0.05, 0) is 31.3 Å². The Morgan fingerprint density at radius 3 is 2.15 bits per heavy atom. The Hall–Kier alpha value is -1.31. The SMILES string of the molecule is CNCC(C)C(=O)Nc1ccc(NS(C)(=O)=O)cc1.Cl. The number of carbonyl (C=O) groups excluding carboxylic acids is 1. The molecule has 20 heavy (non-hydrogen) atoms. The summed E-state index contributed by atoms with van der Waals surface area (Å²) >= 11 is 0.